The van der Waals surface area contributed by atoms with Crippen LogP contribution in [0.4, 0.5) is 0 Å². The minimum Gasteiger partial charge on any atom is -0.438 e. The zero-order valence-electron chi connectivity index (χ0n) is 6.20. The Morgan fingerprint density at radius 3 is 3.36 bits per heavy atom. The first kappa shape index (κ1) is 6.39. The summed E-state index contributed by atoms with van der Waals surface area (Å²) in [5, 5.41) is 0. The molecule has 0 saturated heterocycles. The monoisotopic (exact) mass is 152 g/mol. The summed E-state index contributed by atoms with van der Waals surface area (Å²) in [6.45, 7) is 0.734. The molecule has 11 heavy (non-hydrogen) atoms. The van der Waals surface area contributed by atoms with Gasteiger partial charge in [0.05, 0.1) is 5.69 Å². The van der Waals surface area contributed by atoms with Gasteiger partial charge in [0, 0.05) is 20.0 Å². The second-order valence-corrected chi connectivity index (χ2v) is 2.60. The Balaban J connectivity index is 2.46. The van der Waals surface area contributed by atoms with Crippen molar-refractivity contribution in [2.75, 3.05) is 13.6 Å². The minimum absolute atomic E-state index is 0.0660. The minimum atomic E-state index is -0.0660. The molecule has 4 nitrogen and oxygen atoms in total. The molecule has 2 rings (SSSR count). The first-order chi connectivity index (χ1) is 5.29. The predicted octanol–water partition coefficient (Wildman–Crippen LogP) is 0.303. The summed E-state index contributed by atoms with van der Waals surface area (Å²) in [5.74, 6) is 0.336. The van der Waals surface area contributed by atoms with Gasteiger partial charge in [-0.05, 0) is 0 Å². The molecule has 0 radical (unpaired) electrons. The molecule has 0 aliphatic carbocycles. The SMILES string of the molecule is CN1CCc2ncoc2C1=O. The molecular weight excluding hydrogens is 144 g/mol. The maximum absolute atomic E-state index is 11.3. The van der Waals surface area contributed by atoms with E-state index in [2.05, 4.69) is 4.98 Å². The van der Waals surface area contributed by atoms with E-state index in [9.17, 15) is 4.79 Å². The summed E-state index contributed by atoms with van der Waals surface area (Å²) in [5.41, 5.74) is 0.785. The molecule has 0 fully saturated rings. The lowest BCUT2D eigenvalue weighted by molar-refractivity contribution is 0.0746. The van der Waals surface area contributed by atoms with Crippen LogP contribution in [-0.2, 0) is 6.42 Å². The van der Waals surface area contributed by atoms with Gasteiger partial charge in [-0.1, -0.05) is 0 Å². The number of hydrogen-bond acceptors (Lipinski definition) is 3. The first-order valence-electron chi connectivity index (χ1n) is 3.47. The van der Waals surface area contributed by atoms with Crippen LogP contribution in [0.1, 0.15) is 16.2 Å². The molecule has 0 saturated carbocycles. The second kappa shape index (κ2) is 2.08. The Kier molecular flexibility index (Phi) is 1.21. The Hall–Kier alpha value is -1.32. The number of hydrogen-bond donors (Lipinski definition) is 0. The molecule has 2 heterocycles. The van der Waals surface area contributed by atoms with Crippen LogP contribution in [0.25, 0.3) is 0 Å². The molecule has 0 atom stereocenters. The van der Waals surface area contributed by atoms with Gasteiger partial charge in [-0.25, -0.2) is 4.98 Å². The molecule has 0 bridgehead atoms. The van der Waals surface area contributed by atoms with Gasteiger partial charge in [-0.15, -0.1) is 0 Å². The van der Waals surface area contributed by atoms with E-state index >= 15 is 0 Å². The van der Waals surface area contributed by atoms with Crippen LogP contribution < -0.4 is 0 Å². The average molecular weight is 152 g/mol. The molecule has 0 spiro atoms. The van der Waals surface area contributed by atoms with Crippen LogP contribution in [0.15, 0.2) is 10.8 Å². The van der Waals surface area contributed by atoms with Crippen molar-refractivity contribution in [2.24, 2.45) is 0 Å². The van der Waals surface area contributed by atoms with E-state index in [0.717, 1.165) is 18.7 Å². The van der Waals surface area contributed by atoms with Crippen molar-refractivity contribution in [1.82, 2.24) is 9.88 Å². The van der Waals surface area contributed by atoms with Crippen molar-refractivity contribution in [3.8, 4) is 0 Å². The van der Waals surface area contributed by atoms with Crippen LogP contribution in [-0.4, -0.2) is 29.4 Å². The lowest BCUT2D eigenvalue weighted by Gasteiger charge is -2.19. The number of fused-ring (bicyclic) bond motifs is 1. The van der Waals surface area contributed by atoms with Gasteiger partial charge >= 0.3 is 0 Å². The third-order valence-electron chi connectivity index (χ3n) is 1.87. The third kappa shape index (κ3) is 0.824. The second-order valence-electron chi connectivity index (χ2n) is 2.60. The number of carbonyl (C=O) groups is 1. The molecule has 0 unspecified atom stereocenters. The topological polar surface area (TPSA) is 46.3 Å². The van der Waals surface area contributed by atoms with Crippen LogP contribution in [0.2, 0.25) is 0 Å². The van der Waals surface area contributed by atoms with Crippen molar-refractivity contribution in [3.05, 3.63) is 17.8 Å². The van der Waals surface area contributed by atoms with Gasteiger partial charge in [0.15, 0.2) is 6.39 Å². The number of likely N-dealkylation sites (N-methyl/N-ethyl adjacent to an activating group) is 1. The van der Waals surface area contributed by atoms with Crippen molar-refractivity contribution >= 4 is 5.91 Å². The number of carbonyl (C=O) groups excluding carboxylic acids is 1. The van der Waals surface area contributed by atoms with Crippen molar-refractivity contribution in [2.45, 2.75) is 6.42 Å². The summed E-state index contributed by atoms with van der Waals surface area (Å²) in [4.78, 5) is 16.8. The maximum atomic E-state index is 11.3. The molecule has 0 N–H and O–H groups in total. The van der Waals surface area contributed by atoms with Crippen LogP contribution in [0.5, 0.6) is 0 Å². The first-order valence-corrected chi connectivity index (χ1v) is 3.47. The Morgan fingerprint density at radius 1 is 1.73 bits per heavy atom. The number of nitrogens with zero attached hydrogens (tertiary/aromatic N) is 2. The van der Waals surface area contributed by atoms with Gasteiger partial charge in [0.25, 0.3) is 5.91 Å². The quantitative estimate of drug-likeness (QED) is 0.537. The standard InChI is InChI=1S/C7H8N2O2/c1-9-3-2-5-6(7(9)10)11-4-8-5/h4H,2-3H2,1H3. The largest absolute Gasteiger partial charge is 0.438 e. The highest BCUT2D eigenvalue weighted by Crippen LogP contribution is 2.15. The fourth-order valence-corrected chi connectivity index (χ4v) is 1.17. The van der Waals surface area contributed by atoms with E-state index in [1.54, 1.807) is 11.9 Å². The summed E-state index contributed by atoms with van der Waals surface area (Å²) in [7, 11) is 1.76. The molecule has 4 heteroatoms. The van der Waals surface area contributed by atoms with Crippen LogP contribution >= 0.6 is 0 Å². The lowest BCUT2D eigenvalue weighted by atomic mass is 10.2. The molecule has 1 aliphatic rings. The molecule has 1 aromatic heterocycles. The predicted molar refractivity (Wildman–Crippen MR) is 37.2 cm³/mol. The zero-order chi connectivity index (χ0) is 7.84. The lowest BCUT2D eigenvalue weighted by Crippen LogP contribution is -2.33. The molecular formula is C7H8N2O2. The summed E-state index contributed by atoms with van der Waals surface area (Å²) in [6, 6.07) is 0. The molecule has 58 valence electrons. The van der Waals surface area contributed by atoms with Gasteiger partial charge < -0.3 is 9.32 Å². The normalized spacial score (nSPS) is 16.8. The number of amides is 1. The summed E-state index contributed by atoms with van der Waals surface area (Å²) < 4.78 is 4.94. The fraction of sp³-hybridized carbons (Fsp3) is 0.429. The number of rotatable bonds is 0. The van der Waals surface area contributed by atoms with E-state index in [-0.39, 0.29) is 5.91 Å². The summed E-state index contributed by atoms with van der Waals surface area (Å²) >= 11 is 0. The molecule has 0 aromatic carbocycles. The van der Waals surface area contributed by atoms with E-state index in [1.165, 1.54) is 6.39 Å². The Bertz CT molecular complexity index is 292. The molecule has 1 aromatic rings. The molecule has 1 amide bonds. The highest BCUT2D eigenvalue weighted by atomic mass is 16.3. The van der Waals surface area contributed by atoms with Crippen molar-refractivity contribution < 1.29 is 9.21 Å². The fourth-order valence-electron chi connectivity index (χ4n) is 1.17. The van der Waals surface area contributed by atoms with Gasteiger partial charge in [0.1, 0.15) is 0 Å². The van der Waals surface area contributed by atoms with Gasteiger partial charge in [-0.2, -0.15) is 0 Å². The Labute approximate surface area is 63.8 Å². The van der Waals surface area contributed by atoms with Gasteiger partial charge in [0.2, 0.25) is 5.76 Å². The number of oxazole rings is 1. The van der Waals surface area contributed by atoms with Crippen molar-refractivity contribution in [1.29, 1.82) is 0 Å². The maximum Gasteiger partial charge on any atom is 0.291 e. The van der Waals surface area contributed by atoms with E-state index in [0.29, 0.717) is 5.76 Å². The van der Waals surface area contributed by atoms with Crippen LogP contribution in [0.3, 0.4) is 0 Å². The number of aromatic nitrogens is 1. The van der Waals surface area contributed by atoms with Crippen LogP contribution in [0, 0.1) is 0 Å². The van der Waals surface area contributed by atoms with E-state index in [4.69, 9.17) is 4.42 Å². The third-order valence-corrected chi connectivity index (χ3v) is 1.87. The summed E-state index contributed by atoms with van der Waals surface area (Å²) in [6.07, 6.45) is 2.12. The smallest absolute Gasteiger partial charge is 0.291 e. The van der Waals surface area contributed by atoms with E-state index in [1.807, 2.05) is 0 Å². The highest BCUT2D eigenvalue weighted by molar-refractivity contribution is 5.93. The van der Waals surface area contributed by atoms with Gasteiger partial charge in [-0.3, -0.25) is 4.79 Å². The van der Waals surface area contributed by atoms with E-state index < -0.39 is 0 Å². The zero-order valence-corrected chi connectivity index (χ0v) is 6.20. The molecule has 1 aliphatic heterocycles. The van der Waals surface area contributed by atoms with Crippen molar-refractivity contribution in [3.63, 3.8) is 0 Å². The average Bonchev–Trinajstić information content (AvgIpc) is 2.45. The highest BCUT2D eigenvalue weighted by Gasteiger charge is 2.25. The Morgan fingerprint density at radius 2 is 2.55 bits per heavy atom.